The van der Waals surface area contributed by atoms with Crippen LogP contribution in [0.25, 0.3) is 0 Å². The second-order valence-electron chi connectivity index (χ2n) is 4.49. The maximum atomic E-state index is 12.0. The number of benzene rings is 1. The standard InChI is InChI=1S/C15H15ClN2O2/c1-10(14(19)11-2-4-13(16)5-3-11)18-15(20)12-6-8-17-9-7-12/h2-10,14,19H,1H3,(H,18,20). The highest BCUT2D eigenvalue weighted by Gasteiger charge is 2.18. The molecule has 2 atom stereocenters. The molecule has 2 aromatic rings. The molecule has 1 aromatic carbocycles. The Balaban J connectivity index is 2.02. The van der Waals surface area contributed by atoms with E-state index in [9.17, 15) is 9.90 Å². The van der Waals surface area contributed by atoms with Crippen LogP contribution in [0.3, 0.4) is 0 Å². The predicted octanol–water partition coefficient (Wildman–Crippen LogP) is 2.59. The van der Waals surface area contributed by atoms with Crippen LogP contribution in [0.5, 0.6) is 0 Å². The summed E-state index contributed by atoms with van der Waals surface area (Å²) in [5.41, 5.74) is 1.21. The molecule has 104 valence electrons. The molecule has 20 heavy (non-hydrogen) atoms. The Morgan fingerprint density at radius 1 is 1.20 bits per heavy atom. The zero-order chi connectivity index (χ0) is 14.5. The number of carbonyl (C=O) groups excluding carboxylic acids is 1. The van der Waals surface area contributed by atoms with Crippen LogP contribution >= 0.6 is 11.6 Å². The Morgan fingerprint density at radius 2 is 1.80 bits per heavy atom. The Kier molecular flexibility index (Phi) is 4.71. The van der Waals surface area contributed by atoms with Crippen molar-refractivity contribution >= 4 is 17.5 Å². The first-order valence-electron chi connectivity index (χ1n) is 6.22. The Morgan fingerprint density at radius 3 is 2.40 bits per heavy atom. The number of aromatic nitrogens is 1. The van der Waals surface area contributed by atoms with E-state index in [4.69, 9.17) is 11.6 Å². The zero-order valence-electron chi connectivity index (χ0n) is 11.0. The Labute approximate surface area is 122 Å². The molecule has 0 saturated heterocycles. The van der Waals surface area contributed by atoms with Gasteiger partial charge < -0.3 is 10.4 Å². The number of nitrogens with zero attached hydrogens (tertiary/aromatic N) is 1. The molecule has 0 spiro atoms. The average molecular weight is 291 g/mol. The first-order valence-corrected chi connectivity index (χ1v) is 6.60. The lowest BCUT2D eigenvalue weighted by Crippen LogP contribution is -2.37. The molecular weight excluding hydrogens is 276 g/mol. The van der Waals surface area contributed by atoms with Crippen molar-refractivity contribution in [1.82, 2.24) is 10.3 Å². The second kappa shape index (κ2) is 6.50. The molecule has 2 rings (SSSR count). The van der Waals surface area contributed by atoms with E-state index in [0.717, 1.165) is 0 Å². The van der Waals surface area contributed by atoms with Crippen LogP contribution in [0.4, 0.5) is 0 Å². The average Bonchev–Trinajstić information content (AvgIpc) is 2.48. The topological polar surface area (TPSA) is 62.2 Å². The summed E-state index contributed by atoms with van der Waals surface area (Å²) in [6.45, 7) is 1.75. The van der Waals surface area contributed by atoms with Gasteiger partial charge in [-0.15, -0.1) is 0 Å². The summed E-state index contributed by atoms with van der Waals surface area (Å²) in [5.74, 6) is -0.243. The highest BCUT2D eigenvalue weighted by atomic mass is 35.5. The molecule has 0 radical (unpaired) electrons. The number of carbonyl (C=O) groups is 1. The molecule has 0 saturated carbocycles. The van der Waals surface area contributed by atoms with Gasteiger partial charge in [-0.25, -0.2) is 0 Å². The molecule has 0 aliphatic heterocycles. The van der Waals surface area contributed by atoms with Gasteiger partial charge in [0.2, 0.25) is 0 Å². The molecule has 1 aromatic heterocycles. The maximum absolute atomic E-state index is 12.0. The summed E-state index contributed by atoms with van der Waals surface area (Å²) < 4.78 is 0. The molecule has 0 aliphatic carbocycles. The molecule has 2 N–H and O–H groups in total. The fourth-order valence-corrected chi connectivity index (χ4v) is 1.95. The molecule has 1 heterocycles. The minimum atomic E-state index is -0.793. The van der Waals surface area contributed by atoms with Gasteiger partial charge in [0, 0.05) is 23.0 Å². The minimum absolute atomic E-state index is 0.243. The lowest BCUT2D eigenvalue weighted by Gasteiger charge is -2.20. The maximum Gasteiger partial charge on any atom is 0.251 e. The van der Waals surface area contributed by atoms with Gasteiger partial charge in [-0.05, 0) is 36.8 Å². The second-order valence-corrected chi connectivity index (χ2v) is 4.93. The number of amides is 1. The van der Waals surface area contributed by atoms with Crippen molar-refractivity contribution < 1.29 is 9.90 Å². The van der Waals surface area contributed by atoms with E-state index in [2.05, 4.69) is 10.3 Å². The lowest BCUT2D eigenvalue weighted by atomic mass is 10.0. The van der Waals surface area contributed by atoms with Crippen LogP contribution in [-0.2, 0) is 0 Å². The van der Waals surface area contributed by atoms with Gasteiger partial charge in [-0.1, -0.05) is 23.7 Å². The van der Waals surface area contributed by atoms with Crippen molar-refractivity contribution in [3.63, 3.8) is 0 Å². The highest BCUT2D eigenvalue weighted by molar-refractivity contribution is 6.30. The summed E-state index contributed by atoms with van der Waals surface area (Å²) in [4.78, 5) is 15.8. The van der Waals surface area contributed by atoms with E-state index < -0.39 is 12.1 Å². The van der Waals surface area contributed by atoms with Crippen molar-refractivity contribution in [2.24, 2.45) is 0 Å². The van der Waals surface area contributed by atoms with Gasteiger partial charge in [-0.3, -0.25) is 9.78 Å². The normalized spacial score (nSPS) is 13.6. The monoisotopic (exact) mass is 290 g/mol. The number of aliphatic hydroxyl groups is 1. The van der Waals surface area contributed by atoms with Gasteiger partial charge >= 0.3 is 0 Å². The van der Waals surface area contributed by atoms with Gasteiger partial charge in [0.15, 0.2) is 0 Å². The van der Waals surface area contributed by atoms with Crippen LogP contribution in [0.15, 0.2) is 48.8 Å². The van der Waals surface area contributed by atoms with E-state index in [-0.39, 0.29) is 5.91 Å². The van der Waals surface area contributed by atoms with Crippen LogP contribution < -0.4 is 5.32 Å². The van der Waals surface area contributed by atoms with Crippen molar-refractivity contribution in [1.29, 1.82) is 0 Å². The van der Waals surface area contributed by atoms with E-state index in [0.29, 0.717) is 16.1 Å². The molecule has 0 bridgehead atoms. The third-order valence-corrected chi connectivity index (χ3v) is 3.24. The van der Waals surface area contributed by atoms with E-state index in [1.807, 2.05) is 0 Å². The van der Waals surface area contributed by atoms with Gasteiger partial charge in [-0.2, -0.15) is 0 Å². The van der Waals surface area contributed by atoms with E-state index >= 15 is 0 Å². The number of hydrogen-bond donors (Lipinski definition) is 2. The van der Waals surface area contributed by atoms with E-state index in [1.54, 1.807) is 55.7 Å². The summed E-state index contributed by atoms with van der Waals surface area (Å²) in [6, 6.07) is 9.71. The first-order chi connectivity index (χ1) is 9.58. The van der Waals surface area contributed by atoms with Crippen molar-refractivity contribution in [2.75, 3.05) is 0 Å². The summed E-state index contributed by atoms with van der Waals surface area (Å²) in [7, 11) is 0. The largest absolute Gasteiger partial charge is 0.386 e. The quantitative estimate of drug-likeness (QED) is 0.910. The third-order valence-electron chi connectivity index (χ3n) is 2.99. The minimum Gasteiger partial charge on any atom is -0.386 e. The van der Waals surface area contributed by atoms with Crippen LogP contribution in [-0.4, -0.2) is 22.0 Å². The summed E-state index contributed by atoms with van der Waals surface area (Å²) >= 11 is 5.80. The van der Waals surface area contributed by atoms with Gasteiger partial charge in [0.05, 0.1) is 12.1 Å². The number of pyridine rings is 1. The van der Waals surface area contributed by atoms with Gasteiger partial charge in [0.25, 0.3) is 5.91 Å². The third kappa shape index (κ3) is 3.56. The fraction of sp³-hybridized carbons (Fsp3) is 0.200. The number of nitrogens with one attached hydrogen (secondary N) is 1. The Bertz CT molecular complexity index is 572. The summed E-state index contributed by atoms with van der Waals surface area (Å²) in [6.07, 6.45) is 2.31. The number of halogens is 1. The predicted molar refractivity (Wildman–Crippen MR) is 77.6 cm³/mol. The Hall–Kier alpha value is -1.91. The van der Waals surface area contributed by atoms with Crippen LogP contribution in [0.2, 0.25) is 5.02 Å². The number of hydrogen-bond acceptors (Lipinski definition) is 3. The van der Waals surface area contributed by atoms with Crippen molar-refractivity contribution in [2.45, 2.75) is 19.1 Å². The van der Waals surface area contributed by atoms with Crippen molar-refractivity contribution in [3.8, 4) is 0 Å². The number of aliphatic hydroxyl groups excluding tert-OH is 1. The molecule has 4 nitrogen and oxygen atoms in total. The molecule has 5 heteroatoms. The fourth-order valence-electron chi connectivity index (χ4n) is 1.82. The van der Waals surface area contributed by atoms with Crippen LogP contribution in [0, 0.1) is 0 Å². The van der Waals surface area contributed by atoms with Gasteiger partial charge in [0.1, 0.15) is 0 Å². The smallest absolute Gasteiger partial charge is 0.251 e. The first kappa shape index (κ1) is 14.5. The zero-order valence-corrected chi connectivity index (χ0v) is 11.7. The molecule has 1 amide bonds. The van der Waals surface area contributed by atoms with E-state index in [1.165, 1.54) is 0 Å². The molecule has 2 unspecified atom stereocenters. The SMILES string of the molecule is CC(NC(=O)c1ccncc1)C(O)c1ccc(Cl)cc1. The van der Waals surface area contributed by atoms with Crippen molar-refractivity contribution in [3.05, 3.63) is 64.9 Å². The molecular formula is C15H15ClN2O2. The molecule has 0 fully saturated rings. The number of rotatable bonds is 4. The van der Waals surface area contributed by atoms with Crippen LogP contribution in [0.1, 0.15) is 28.9 Å². The summed E-state index contributed by atoms with van der Waals surface area (Å²) in [5, 5.41) is 13.6. The lowest BCUT2D eigenvalue weighted by molar-refractivity contribution is 0.0852. The molecule has 0 aliphatic rings. The highest BCUT2D eigenvalue weighted by Crippen LogP contribution is 2.19.